The minimum atomic E-state index is -0.194. The molecule has 0 fully saturated rings. The Morgan fingerprint density at radius 2 is 2.36 bits per heavy atom. The van der Waals surface area contributed by atoms with Crippen molar-refractivity contribution in [2.75, 3.05) is 0 Å². The van der Waals surface area contributed by atoms with Crippen molar-refractivity contribution >= 4 is 0 Å². The molecule has 0 aliphatic heterocycles. The average Bonchev–Trinajstić information content (AvgIpc) is 2.47. The van der Waals surface area contributed by atoms with Gasteiger partial charge >= 0.3 is 0 Å². The van der Waals surface area contributed by atoms with Crippen molar-refractivity contribution in [2.45, 2.75) is 45.6 Å². The third kappa shape index (κ3) is 1.85. The highest BCUT2D eigenvalue weighted by molar-refractivity contribution is 5.31. The summed E-state index contributed by atoms with van der Waals surface area (Å²) in [6, 6.07) is 0. The third-order valence-electron chi connectivity index (χ3n) is 2.84. The first kappa shape index (κ1) is 9.78. The fourth-order valence-electron chi connectivity index (χ4n) is 2.17. The second kappa shape index (κ2) is 3.77. The first-order chi connectivity index (χ1) is 6.66. The number of rotatable bonds is 2. The summed E-state index contributed by atoms with van der Waals surface area (Å²) in [7, 11) is 0. The summed E-state index contributed by atoms with van der Waals surface area (Å²) in [5, 5.41) is 9.49. The molecule has 1 atom stereocenters. The molecular formula is C12H18O2. The summed E-state index contributed by atoms with van der Waals surface area (Å²) in [6.45, 7) is 4.44. The van der Waals surface area contributed by atoms with Crippen molar-refractivity contribution in [1.29, 1.82) is 0 Å². The fraction of sp³-hybridized carbons (Fsp3) is 0.667. The smallest absolute Gasteiger partial charge is 0.109 e. The topological polar surface area (TPSA) is 33.4 Å². The van der Waals surface area contributed by atoms with E-state index in [1.807, 2.05) is 6.26 Å². The average molecular weight is 194 g/mol. The van der Waals surface area contributed by atoms with Gasteiger partial charge in [-0.2, -0.15) is 0 Å². The van der Waals surface area contributed by atoms with E-state index in [4.69, 9.17) is 4.42 Å². The van der Waals surface area contributed by atoms with E-state index in [0.717, 1.165) is 25.0 Å². The van der Waals surface area contributed by atoms with Gasteiger partial charge in [-0.1, -0.05) is 13.8 Å². The standard InChI is InChI=1S/C12H18O2/c1-8(2)5-9-7-14-12-6-10(13)3-4-11(9)12/h7-8,10,13H,3-6H2,1-2H3. The molecule has 1 aliphatic rings. The second-order valence-electron chi connectivity index (χ2n) is 4.66. The van der Waals surface area contributed by atoms with E-state index >= 15 is 0 Å². The summed E-state index contributed by atoms with van der Waals surface area (Å²) in [5.74, 6) is 1.68. The lowest BCUT2D eigenvalue weighted by atomic mass is 9.91. The Labute approximate surface area is 84.9 Å². The summed E-state index contributed by atoms with van der Waals surface area (Å²) < 4.78 is 5.50. The minimum Gasteiger partial charge on any atom is -0.469 e. The number of furan rings is 1. The molecule has 2 nitrogen and oxygen atoms in total. The summed E-state index contributed by atoms with van der Waals surface area (Å²) in [5.41, 5.74) is 2.71. The van der Waals surface area contributed by atoms with Gasteiger partial charge in [0.25, 0.3) is 0 Å². The van der Waals surface area contributed by atoms with Crippen LogP contribution in [-0.2, 0) is 19.3 Å². The summed E-state index contributed by atoms with van der Waals surface area (Å²) in [4.78, 5) is 0. The first-order valence-electron chi connectivity index (χ1n) is 5.43. The van der Waals surface area contributed by atoms with Gasteiger partial charge in [-0.05, 0) is 36.3 Å². The number of hydrogen-bond donors (Lipinski definition) is 1. The van der Waals surface area contributed by atoms with Crippen molar-refractivity contribution < 1.29 is 9.52 Å². The number of aliphatic hydroxyl groups excluding tert-OH is 1. The van der Waals surface area contributed by atoms with E-state index in [9.17, 15) is 5.11 Å². The molecule has 1 aromatic rings. The lowest BCUT2D eigenvalue weighted by Gasteiger charge is -2.17. The maximum Gasteiger partial charge on any atom is 0.109 e. The highest BCUT2D eigenvalue weighted by Crippen LogP contribution is 2.27. The molecule has 0 spiro atoms. The van der Waals surface area contributed by atoms with E-state index in [1.54, 1.807) is 0 Å². The van der Waals surface area contributed by atoms with Crippen LogP contribution in [0.4, 0.5) is 0 Å². The second-order valence-corrected chi connectivity index (χ2v) is 4.66. The molecule has 1 aromatic heterocycles. The van der Waals surface area contributed by atoms with Crippen LogP contribution in [0.25, 0.3) is 0 Å². The van der Waals surface area contributed by atoms with Gasteiger partial charge in [-0.15, -0.1) is 0 Å². The molecule has 14 heavy (non-hydrogen) atoms. The van der Waals surface area contributed by atoms with Crippen molar-refractivity contribution in [3.63, 3.8) is 0 Å². The molecule has 78 valence electrons. The molecule has 1 heterocycles. The predicted molar refractivity (Wildman–Crippen MR) is 55.3 cm³/mol. The van der Waals surface area contributed by atoms with Crippen LogP contribution >= 0.6 is 0 Å². The van der Waals surface area contributed by atoms with Crippen LogP contribution in [0.5, 0.6) is 0 Å². The molecule has 0 bridgehead atoms. The minimum absolute atomic E-state index is 0.194. The van der Waals surface area contributed by atoms with Crippen LogP contribution in [-0.4, -0.2) is 11.2 Å². The molecule has 0 radical (unpaired) electrons. The van der Waals surface area contributed by atoms with Gasteiger partial charge in [0.15, 0.2) is 0 Å². The Balaban J connectivity index is 2.20. The Hall–Kier alpha value is -0.760. The number of aliphatic hydroxyl groups is 1. The molecule has 1 aliphatic carbocycles. The Morgan fingerprint density at radius 3 is 3.07 bits per heavy atom. The quantitative estimate of drug-likeness (QED) is 0.783. The Bertz CT molecular complexity index is 312. The lowest BCUT2D eigenvalue weighted by Crippen LogP contribution is -2.18. The zero-order chi connectivity index (χ0) is 10.1. The molecule has 1 unspecified atom stereocenters. The van der Waals surface area contributed by atoms with Gasteiger partial charge in [0.1, 0.15) is 5.76 Å². The molecule has 0 saturated heterocycles. The largest absolute Gasteiger partial charge is 0.469 e. The van der Waals surface area contributed by atoms with Crippen LogP contribution < -0.4 is 0 Å². The maximum absolute atomic E-state index is 9.49. The van der Waals surface area contributed by atoms with Crippen molar-refractivity contribution in [2.24, 2.45) is 5.92 Å². The van der Waals surface area contributed by atoms with E-state index < -0.39 is 0 Å². The van der Waals surface area contributed by atoms with Gasteiger partial charge < -0.3 is 9.52 Å². The van der Waals surface area contributed by atoms with E-state index in [2.05, 4.69) is 13.8 Å². The van der Waals surface area contributed by atoms with Crippen molar-refractivity contribution in [3.05, 3.63) is 23.2 Å². The van der Waals surface area contributed by atoms with Crippen LogP contribution in [0.1, 0.15) is 37.2 Å². The first-order valence-corrected chi connectivity index (χ1v) is 5.43. The van der Waals surface area contributed by atoms with Crippen molar-refractivity contribution in [1.82, 2.24) is 0 Å². The van der Waals surface area contributed by atoms with Crippen molar-refractivity contribution in [3.8, 4) is 0 Å². The normalized spacial score (nSPS) is 21.3. The summed E-state index contributed by atoms with van der Waals surface area (Å²) >= 11 is 0. The highest BCUT2D eigenvalue weighted by atomic mass is 16.3. The highest BCUT2D eigenvalue weighted by Gasteiger charge is 2.22. The predicted octanol–water partition coefficient (Wildman–Crippen LogP) is 2.33. The van der Waals surface area contributed by atoms with Crippen LogP contribution in [0.3, 0.4) is 0 Å². The number of hydrogen-bond acceptors (Lipinski definition) is 2. The molecule has 2 heteroatoms. The SMILES string of the molecule is CC(C)Cc1coc2c1CCC(O)C2. The van der Waals surface area contributed by atoms with Crippen LogP contribution in [0.2, 0.25) is 0 Å². The molecule has 0 aromatic carbocycles. The van der Waals surface area contributed by atoms with Gasteiger partial charge in [0.05, 0.1) is 12.4 Å². The molecule has 1 N–H and O–H groups in total. The molecule has 0 amide bonds. The number of fused-ring (bicyclic) bond motifs is 1. The maximum atomic E-state index is 9.49. The molecular weight excluding hydrogens is 176 g/mol. The van der Waals surface area contributed by atoms with Crippen LogP contribution in [0, 0.1) is 5.92 Å². The van der Waals surface area contributed by atoms with Gasteiger partial charge in [-0.25, -0.2) is 0 Å². The monoisotopic (exact) mass is 194 g/mol. The zero-order valence-corrected chi connectivity index (χ0v) is 8.92. The fourth-order valence-corrected chi connectivity index (χ4v) is 2.17. The molecule has 0 saturated carbocycles. The van der Waals surface area contributed by atoms with Gasteiger partial charge in [0, 0.05) is 6.42 Å². The molecule has 2 rings (SSSR count). The van der Waals surface area contributed by atoms with Crippen LogP contribution in [0.15, 0.2) is 10.7 Å². The Morgan fingerprint density at radius 1 is 1.57 bits per heavy atom. The van der Waals surface area contributed by atoms with E-state index in [0.29, 0.717) is 12.3 Å². The Kier molecular flexibility index (Phi) is 2.64. The van der Waals surface area contributed by atoms with Gasteiger partial charge in [0.2, 0.25) is 0 Å². The summed E-state index contributed by atoms with van der Waals surface area (Å²) in [6.07, 6.45) is 5.35. The lowest BCUT2D eigenvalue weighted by molar-refractivity contribution is 0.150. The van der Waals surface area contributed by atoms with Gasteiger partial charge in [-0.3, -0.25) is 0 Å². The zero-order valence-electron chi connectivity index (χ0n) is 8.92. The third-order valence-corrected chi connectivity index (χ3v) is 2.84. The van der Waals surface area contributed by atoms with E-state index in [1.165, 1.54) is 11.1 Å². The van der Waals surface area contributed by atoms with E-state index in [-0.39, 0.29) is 6.10 Å².